The molecule has 126 valence electrons. The van der Waals surface area contributed by atoms with Crippen LogP contribution in [0.2, 0.25) is 5.02 Å². The van der Waals surface area contributed by atoms with Gasteiger partial charge in [-0.25, -0.2) is 0 Å². The number of hydrogen-bond acceptors (Lipinski definition) is 2. The first kappa shape index (κ1) is 17.1. The molecule has 3 aromatic rings. The van der Waals surface area contributed by atoms with Gasteiger partial charge in [0.1, 0.15) is 0 Å². The van der Waals surface area contributed by atoms with Crippen LogP contribution in [0.3, 0.4) is 0 Å². The standard InChI is InChI=1S/C21H19ClN2O/c22-18-8-6-17(7-9-18)15-23-19-10-12-20(13-11-19)24-21(25)14-16-4-2-1-3-5-16/h1-13,23H,14-15H2,(H,24,25). The molecule has 1 amide bonds. The molecule has 0 saturated heterocycles. The van der Waals surface area contributed by atoms with E-state index in [4.69, 9.17) is 11.6 Å². The maximum atomic E-state index is 12.1. The minimum absolute atomic E-state index is 0.0203. The molecule has 2 N–H and O–H groups in total. The highest BCUT2D eigenvalue weighted by atomic mass is 35.5. The first-order valence-corrected chi connectivity index (χ1v) is 8.49. The fourth-order valence-electron chi connectivity index (χ4n) is 2.46. The van der Waals surface area contributed by atoms with Crippen LogP contribution in [0, 0.1) is 0 Å². The third-order valence-corrected chi connectivity index (χ3v) is 4.04. The largest absolute Gasteiger partial charge is 0.381 e. The third kappa shape index (κ3) is 5.37. The summed E-state index contributed by atoms with van der Waals surface area (Å²) in [6, 6.07) is 25.1. The fourth-order valence-corrected chi connectivity index (χ4v) is 2.59. The number of rotatable bonds is 6. The van der Waals surface area contributed by atoms with E-state index in [-0.39, 0.29) is 5.91 Å². The Labute approximate surface area is 152 Å². The number of hydrogen-bond donors (Lipinski definition) is 2. The Morgan fingerprint density at radius 1 is 0.760 bits per heavy atom. The van der Waals surface area contributed by atoms with Gasteiger partial charge in [0.15, 0.2) is 0 Å². The monoisotopic (exact) mass is 350 g/mol. The van der Waals surface area contributed by atoms with Crippen molar-refractivity contribution in [2.75, 3.05) is 10.6 Å². The van der Waals surface area contributed by atoms with E-state index in [0.717, 1.165) is 34.1 Å². The third-order valence-electron chi connectivity index (χ3n) is 3.79. The lowest BCUT2D eigenvalue weighted by molar-refractivity contribution is -0.115. The highest BCUT2D eigenvalue weighted by molar-refractivity contribution is 6.30. The molecule has 3 rings (SSSR count). The molecule has 0 bridgehead atoms. The number of carbonyl (C=O) groups excluding carboxylic acids is 1. The van der Waals surface area contributed by atoms with Crippen molar-refractivity contribution in [1.29, 1.82) is 0 Å². The predicted molar refractivity (Wildman–Crippen MR) is 104 cm³/mol. The van der Waals surface area contributed by atoms with Crippen molar-refractivity contribution in [2.24, 2.45) is 0 Å². The summed E-state index contributed by atoms with van der Waals surface area (Å²) in [7, 11) is 0. The molecule has 0 radical (unpaired) electrons. The fraction of sp³-hybridized carbons (Fsp3) is 0.0952. The molecule has 0 unspecified atom stereocenters. The second kappa shape index (κ2) is 8.36. The topological polar surface area (TPSA) is 41.1 Å². The van der Waals surface area contributed by atoms with Gasteiger partial charge in [-0.3, -0.25) is 4.79 Å². The summed E-state index contributed by atoms with van der Waals surface area (Å²) in [5.41, 5.74) is 3.94. The number of carbonyl (C=O) groups is 1. The van der Waals surface area contributed by atoms with Gasteiger partial charge in [-0.1, -0.05) is 54.1 Å². The first-order chi connectivity index (χ1) is 12.2. The number of benzene rings is 3. The number of anilines is 2. The second-order valence-corrected chi connectivity index (χ2v) is 6.20. The molecule has 0 aliphatic carbocycles. The van der Waals surface area contributed by atoms with Gasteiger partial charge >= 0.3 is 0 Å². The lowest BCUT2D eigenvalue weighted by atomic mass is 10.1. The average molecular weight is 351 g/mol. The Morgan fingerprint density at radius 3 is 2.08 bits per heavy atom. The minimum atomic E-state index is -0.0203. The number of halogens is 1. The Bertz CT molecular complexity index is 815. The molecule has 0 aromatic heterocycles. The molecular formula is C21H19ClN2O. The summed E-state index contributed by atoms with van der Waals surface area (Å²) in [5.74, 6) is -0.0203. The predicted octanol–water partition coefficient (Wildman–Crippen LogP) is 5.13. The molecule has 0 saturated carbocycles. The van der Waals surface area contributed by atoms with E-state index in [0.29, 0.717) is 6.42 Å². The SMILES string of the molecule is O=C(Cc1ccccc1)Nc1ccc(NCc2ccc(Cl)cc2)cc1. The summed E-state index contributed by atoms with van der Waals surface area (Å²) in [5, 5.41) is 7.00. The van der Waals surface area contributed by atoms with Gasteiger partial charge in [0, 0.05) is 22.9 Å². The number of nitrogens with one attached hydrogen (secondary N) is 2. The van der Waals surface area contributed by atoms with Crippen molar-refractivity contribution in [1.82, 2.24) is 0 Å². The van der Waals surface area contributed by atoms with E-state index >= 15 is 0 Å². The Hall–Kier alpha value is -2.78. The van der Waals surface area contributed by atoms with E-state index in [2.05, 4.69) is 10.6 Å². The van der Waals surface area contributed by atoms with Gasteiger partial charge in [-0.05, 0) is 47.5 Å². The minimum Gasteiger partial charge on any atom is -0.381 e. The molecule has 0 spiro atoms. The zero-order chi connectivity index (χ0) is 17.5. The summed E-state index contributed by atoms with van der Waals surface area (Å²) in [6.45, 7) is 0.719. The number of amides is 1. The molecule has 0 aliphatic heterocycles. The van der Waals surface area contributed by atoms with Crippen molar-refractivity contribution < 1.29 is 4.79 Å². The first-order valence-electron chi connectivity index (χ1n) is 8.11. The second-order valence-electron chi connectivity index (χ2n) is 5.77. The maximum absolute atomic E-state index is 12.1. The van der Waals surface area contributed by atoms with E-state index in [1.165, 1.54) is 0 Å². The molecule has 0 heterocycles. The van der Waals surface area contributed by atoms with Gasteiger partial charge in [0.05, 0.1) is 6.42 Å². The van der Waals surface area contributed by atoms with Crippen molar-refractivity contribution in [2.45, 2.75) is 13.0 Å². The molecule has 25 heavy (non-hydrogen) atoms. The molecule has 3 aromatic carbocycles. The quantitative estimate of drug-likeness (QED) is 0.646. The lowest BCUT2D eigenvalue weighted by Crippen LogP contribution is -2.14. The van der Waals surface area contributed by atoms with Crippen LogP contribution in [0.4, 0.5) is 11.4 Å². The Morgan fingerprint density at radius 2 is 1.40 bits per heavy atom. The lowest BCUT2D eigenvalue weighted by Gasteiger charge is -2.09. The van der Waals surface area contributed by atoms with Crippen LogP contribution in [0.1, 0.15) is 11.1 Å². The highest BCUT2D eigenvalue weighted by Crippen LogP contribution is 2.16. The van der Waals surface area contributed by atoms with Crippen LogP contribution in [0.15, 0.2) is 78.9 Å². The van der Waals surface area contributed by atoms with Crippen molar-refractivity contribution in [3.63, 3.8) is 0 Å². The summed E-state index contributed by atoms with van der Waals surface area (Å²) in [6.07, 6.45) is 0.372. The van der Waals surface area contributed by atoms with Gasteiger partial charge < -0.3 is 10.6 Å². The van der Waals surface area contributed by atoms with Crippen LogP contribution in [-0.2, 0) is 17.8 Å². The smallest absolute Gasteiger partial charge is 0.228 e. The molecule has 4 heteroatoms. The van der Waals surface area contributed by atoms with Gasteiger partial charge in [-0.15, -0.1) is 0 Å². The zero-order valence-electron chi connectivity index (χ0n) is 13.7. The van der Waals surface area contributed by atoms with Crippen molar-refractivity contribution >= 4 is 28.9 Å². The summed E-state index contributed by atoms with van der Waals surface area (Å²) >= 11 is 5.88. The van der Waals surface area contributed by atoms with Crippen LogP contribution in [0.25, 0.3) is 0 Å². The van der Waals surface area contributed by atoms with Crippen LogP contribution < -0.4 is 10.6 Å². The van der Waals surface area contributed by atoms with E-state index < -0.39 is 0 Å². The maximum Gasteiger partial charge on any atom is 0.228 e. The normalized spacial score (nSPS) is 10.3. The average Bonchev–Trinajstić information content (AvgIpc) is 2.63. The van der Waals surface area contributed by atoms with Crippen molar-refractivity contribution in [3.05, 3.63) is 95.0 Å². The van der Waals surface area contributed by atoms with Crippen molar-refractivity contribution in [3.8, 4) is 0 Å². The molecule has 3 nitrogen and oxygen atoms in total. The highest BCUT2D eigenvalue weighted by Gasteiger charge is 2.04. The van der Waals surface area contributed by atoms with E-state index in [9.17, 15) is 4.79 Å². The van der Waals surface area contributed by atoms with Crippen LogP contribution in [0.5, 0.6) is 0 Å². The van der Waals surface area contributed by atoms with Crippen LogP contribution in [-0.4, -0.2) is 5.91 Å². The summed E-state index contributed by atoms with van der Waals surface area (Å²) in [4.78, 5) is 12.1. The molecular weight excluding hydrogens is 332 g/mol. The van der Waals surface area contributed by atoms with E-state index in [1.807, 2.05) is 78.9 Å². The van der Waals surface area contributed by atoms with Gasteiger partial charge in [-0.2, -0.15) is 0 Å². The Balaban J connectivity index is 1.51. The molecule has 0 aliphatic rings. The summed E-state index contributed by atoms with van der Waals surface area (Å²) < 4.78 is 0. The molecule has 0 atom stereocenters. The Kier molecular flexibility index (Phi) is 5.70. The van der Waals surface area contributed by atoms with Gasteiger partial charge in [0.25, 0.3) is 0 Å². The van der Waals surface area contributed by atoms with Gasteiger partial charge in [0.2, 0.25) is 5.91 Å². The van der Waals surface area contributed by atoms with E-state index in [1.54, 1.807) is 0 Å². The van der Waals surface area contributed by atoms with Crippen LogP contribution >= 0.6 is 11.6 Å². The molecule has 0 fully saturated rings. The zero-order valence-corrected chi connectivity index (χ0v) is 14.5.